The molecule has 0 bridgehead atoms. The van der Waals surface area contributed by atoms with Crippen LogP contribution in [0, 0.1) is 52.8 Å². The first-order valence-corrected chi connectivity index (χ1v) is 17.4. The molecule has 0 aromatic rings. The lowest BCUT2D eigenvalue weighted by atomic mass is 9.59. The molecule has 13 atom stereocenters. The molecule has 4 unspecified atom stereocenters. The van der Waals surface area contributed by atoms with Gasteiger partial charge in [0.25, 0.3) is 0 Å². The SMILES string of the molecule is CN(C)CC1C(=O)O[C@@H]2[C@@H]3[C@@H](C[C@@]45OC(C)(C)O[C@@]34CC[C@]53C(=O)CC4C(=O)CC[C@H]5C(CN(C)C)C(=O)O[C@@H]5C43)C(=O)CC[C@@H]12. The number of nitrogens with zero attached hydrogens (tertiary/aromatic N) is 2. The Hall–Kier alpha value is -2.21. The van der Waals surface area contributed by atoms with Gasteiger partial charge in [-0.1, -0.05) is 0 Å². The molecule has 3 aliphatic heterocycles. The third-order valence-electron chi connectivity index (χ3n) is 13.6. The minimum Gasteiger partial charge on any atom is -0.461 e. The van der Waals surface area contributed by atoms with E-state index in [2.05, 4.69) is 0 Å². The Morgan fingerprint density at radius 1 is 0.717 bits per heavy atom. The Kier molecular flexibility index (Phi) is 6.70. The van der Waals surface area contributed by atoms with Gasteiger partial charge in [0.2, 0.25) is 0 Å². The highest BCUT2D eigenvalue weighted by Crippen LogP contribution is 2.78. The second-order valence-corrected chi connectivity index (χ2v) is 16.8. The van der Waals surface area contributed by atoms with E-state index >= 15 is 0 Å². The van der Waals surface area contributed by atoms with Crippen molar-refractivity contribution in [3.05, 3.63) is 0 Å². The summed E-state index contributed by atoms with van der Waals surface area (Å²) in [5.41, 5.74) is -3.46. The summed E-state index contributed by atoms with van der Waals surface area (Å²) in [5, 5.41) is 0. The molecule has 8 rings (SSSR count). The third-order valence-corrected chi connectivity index (χ3v) is 13.6. The van der Waals surface area contributed by atoms with Crippen LogP contribution in [-0.2, 0) is 42.9 Å². The van der Waals surface area contributed by atoms with Gasteiger partial charge >= 0.3 is 11.9 Å². The Morgan fingerprint density at radius 3 is 1.83 bits per heavy atom. The minimum atomic E-state index is -1.22. The van der Waals surface area contributed by atoms with Gasteiger partial charge in [-0.3, -0.25) is 24.0 Å². The van der Waals surface area contributed by atoms with Gasteiger partial charge in [0.15, 0.2) is 5.79 Å². The average Bonchev–Trinajstić information content (AvgIpc) is 3.67. The molecule has 11 heteroatoms. The van der Waals surface area contributed by atoms with Crippen LogP contribution in [0.25, 0.3) is 0 Å². The summed E-state index contributed by atoms with van der Waals surface area (Å²) < 4.78 is 26.8. The zero-order valence-corrected chi connectivity index (χ0v) is 27.9. The molecule has 5 saturated carbocycles. The van der Waals surface area contributed by atoms with E-state index in [-0.39, 0.29) is 65.8 Å². The maximum Gasteiger partial charge on any atom is 0.310 e. The van der Waals surface area contributed by atoms with Gasteiger partial charge in [-0.05, 0) is 74.1 Å². The zero-order valence-electron chi connectivity index (χ0n) is 27.9. The lowest BCUT2D eigenvalue weighted by Crippen LogP contribution is -2.62. The first-order valence-electron chi connectivity index (χ1n) is 17.4. The fraction of sp³-hybridized carbons (Fsp3) is 0.857. The summed E-state index contributed by atoms with van der Waals surface area (Å²) in [6.07, 6.45) is 1.84. The Labute approximate surface area is 270 Å². The van der Waals surface area contributed by atoms with E-state index in [0.717, 1.165) is 0 Å². The van der Waals surface area contributed by atoms with E-state index in [1.807, 2.05) is 51.8 Å². The Bertz CT molecular complexity index is 1410. The number of hydrogen-bond acceptors (Lipinski definition) is 11. The molecule has 46 heavy (non-hydrogen) atoms. The van der Waals surface area contributed by atoms with Crippen molar-refractivity contribution >= 4 is 29.3 Å². The van der Waals surface area contributed by atoms with Crippen molar-refractivity contribution in [2.24, 2.45) is 52.8 Å². The average molecular weight is 641 g/mol. The summed E-state index contributed by atoms with van der Waals surface area (Å²) in [4.78, 5) is 73.7. The van der Waals surface area contributed by atoms with Crippen molar-refractivity contribution < 1.29 is 42.9 Å². The minimum absolute atomic E-state index is 0.0406. The summed E-state index contributed by atoms with van der Waals surface area (Å²) in [5.74, 6) is -4.68. The number of Topliss-reactive ketones (excluding diaryl/α,β-unsaturated/α-hetero) is 3. The number of carbonyl (C=O) groups excluding carboxylic acids is 5. The molecule has 0 radical (unpaired) electrons. The number of esters is 2. The van der Waals surface area contributed by atoms with Crippen molar-refractivity contribution in [2.75, 3.05) is 41.3 Å². The van der Waals surface area contributed by atoms with Crippen LogP contribution in [0.5, 0.6) is 0 Å². The molecule has 8 fully saturated rings. The number of ketones is 3. The van der Waals surface area contributed by atoms with Gasteiger partial charge in [-0.2, -0.15) is 0 Å². The molecule has 3 heterocycles. The fourth-order valence-corrected chi connectivity index (χ4v) is 12.5. The van der Waals surface area contributed by atoms with Crippen LogP contribution in [0.2, 0.25) is 0 Å². The van der Waals surface area contributed by atoms with E-state index in [4.69, 9.17) is 18.9 Å². The Morgan fingerprint density at radius 2 is 1.26 bits per heavy atom. The molecule has 8 aliphatic rings. The summed E-state index contributed by atoms with van der Waals surface area (Å²) in [6.45, 7) is 4.75. The van der Waals surface area contributed by atoms with E-state index in [9.17, 15) is 24.0 Å². The number of carbonyl (C=O) groups is 5. The number of hydrogen-bond donors (Lipinski definition) is 0. The highest BCUT2D eigenvalue weighted by molar-refractivity contribution is 5.98. The van der Waals surface area contributed by atoms with E-state index in [1.165, 1.54) is 0 Å². The normalized spacial score (nSPS) is 50.2. The quantitative estimate of drug-likeness (QED) is 0.419. The van der Waals surface area contributed by atoms with Gasteiger partial charge in [0.1, 0.15) is 40.8 Å². The van der Waals surface area contributed by atoms with Gasteiger partial charge in [-0.25, -0.2) is 0 Å². The van der Waals surface area contributed by atoms with E-state index in [0.29, 0.717) is 51.6 Å². The van der Waals surface area contributed by atoms with Crippen LogP contribution < -0.4 is 0 Å². The van der Waals surface area contributed by atoms with Crippen LogP contribution in [0.1, 0.15) is 65.2 Å². The highest BCUT2D eigenvalue weighted by atomic mass is 16.8. The summed E-state index contributed by atoms with van der Waals surface area (Å²) in [6, 6.07) is 0. The van der Waals surface area contributed by atoms with Gasteiger partial charge in [0.05, 0.1) is 17.3 Å². The van der Waals surface area contributed by atoms with Gasteiger partial charge < -0.3 is 28.7 Å². The third kappa shape index (κ3) is 3.77. The van der Waals surface area contributed by atoms with Crippen molar-refractivity contribution in [1.82, 2.24) is 9.80 Å². The molecule has 0 aromatic heterocycles. The van der Waals surface area contributed by atoms with Crippen molar-refractivity contribution in [3.63, 3.8) is 0 Å². The summed E-state index contributed by atoms with van der Waals surface area (Å²) >= 11 is 0. The van der Waals surface area contributed by atoms with Crippen molar-refractivity contribution in [3.8, 4) is 0 Å². The smallest absolute Gasteiger partial charge is 0.310 e. The highest BCUT2D eigenvalue weighted by Gasteiger charge is 2.89. The molecular weight excluding hydrogens is 592 g/mol. The second kappa shape index (κ2) is 9.92. The molecule has 3 saturated heterocycles. The van der Waals surface area contributed by atoms with Crippen molar-refractivity contribution in [1.29, 1.82) is 0 Å². The summed E-state index contributed by atoms with van der Waals surface area (Å²) in [7, 11) is 7.72. The first kappa shape index (κ1) is 31.1. The largest absolute Gasteiger partial charge is 0.461 e. The fourth-order valence-electron chi connectivity index (χ4n) is 12.5. The number of rotatable bonds is 4. The second-order valence-electron chi connectivity index (χ2n) is 16.8. The lowest BCUT2D eigenvalue weighted by molar-refractivity contribution is -0.219. The Balaban J connectivity index is 1.28. The van der Waals surface area contributed by atoms with Gasteiger partial charge in [0, 0.05) is 67.9 Å². The molecule has 0 amide bonds. The first-order chi connectivity index (χ1) is 21.7. The maximum atomic E-state index is 14.8. The van der Waals surface area contributed by atoms with Crippen LogP contribution in [0.15, 0.2) is 0 Å². The molecule has 252 valence electrons. The predicted molar refractivity (Wildman–Crippen MR) is 161 cm³/mol. The maximum absolute atomic E-state index is 14.8. The van der Waals surface area contributed by atoms with Crippen LogP contribution in [-0.4, -0.2) is 110 Å². The molecule has 1 spiro atoms. The molecular formula is C35H48N2O9. The molecule has 0 aromatic carbocycles. The van der Waals surface area contributed by atoms with Crippen LogP contribution in [0.4, 0.5) is 0 Å². The number of fused-ring (bicyclic) bond motifs is 7. The zero-order chi connectivity index (χ0) is 32.7. The standard InChI is InChI=1S/C35H48N2O9/c1-32(2)45-34-12-11-33(25(40)13-19-23(38)9-7-17-21(15-36(3)4)30(41)43-28(17)26(19)33)35(34,46-32)14-20-24(39)10-8-18-22(16-37(5)6)31(42)44-29(18)27(20)34/h17-22,26-29H,7-16H2,1-6H3/t17-,18-,19?,20-,21?,22?,26?,27-,28-,29-,33+,34-,35-/m0/s1. The van der Waals surface area contributed by atoms with E-state index in [1.54, 1.807) is 0 Å². The van der Waals surface area contributed by atoms with Crippen molar-refractivity contribution in [2.45, 2.75) is 94.4 Å². The topological polar surface area (TPSA) is 129 Å². The molecule has 5 aliphatic carbocycles. The molecule has 0 N–H and O–H groups in total. The number of ether oxygens (including phenoxy) is 4. The predicted octanol–water partition coefficient (Wildman–Crippen LogP) is 2.03. The van der Waals surface area contributed by atoms with Crippen LogP contribution >= 0.6 is 0 Å². The lowest BCUT2D eigenvalue weighted by Gasteiger charge is -2.48. The monoisotopic (exact) mass is 640 g/mol. The van der Waals surface area contributed by atoms with E-state index < -0.39 is 58.3 Å². The van der Waals surface area contributed by atoms with Crippen LogP contribution in [0.3, 0.4) is 0 Å². The molecule has 11 nitrogen and oxygen atoms in total. The van der Waals surface area contributed by atoms with Gasteiger partial charge in [-0.15, -0.1) is 0 Å².